The lowest BCUT2D eigenvalue weighted by molar-refractivity contribution is -0.137. The lowest BCUT2D eigenvalue weighted by Crippen LogP contribution is -2.45. The third kappa shape index (κ3) is 6.03. The second kappa shape index (κ2) is 10.7. The Balaban J connectivity index is 1.69. The predicted molar refractivity (Wildman–Crippen MR) is 120 cm³/mol. The molecule has 174 valence electrons. The molecule has 2 atom stereocenters. The van der Waals surface area contributed by atoms with Gasteiger partial charge in [0.05, 0.1) is 11.6 Å². The summed E-state index contributed by atoms with van der Waals surface area (Å²) in [4.78, 5) is 17.1. The summed E-state index contributed by atoms with van der Waals surface area (Å²) < 4.78 is 38.3. The van der Waals surface area contributed by atoms with Crippen molar-refractivity contribution in [2.24, 2.45) is 0 Å². The van der Waals surface area contributed by atoms with E-state index in [0.717, 1.165) is 23.3 Å². The van der Waals surface area contributed by atoms with Gasteiger partial charge < -0.3 is 10.2 Å². The Hall–Kier alpha value is -2.09. The van der Waals surface area contributed by atoms with Gasteiger partial charge in [0.25, 0.3) is 0 Å². The highest BCUT2D eigenvalue weighted by Gasteiger charge is 2.38. The number of amides is 1. The standard InChI is InChI=1S/C24H29ClF3N3O/c1-3-30(4-2)23(32)22-13-20(16-31(22)15-18-7-5-6-8-21(18)25)29-14-17-9-11-19(12-10-17)24(26,27)28/h5-12,20,22,29H,3-4,13-16H2,1-2H3/t20-,22+/m1/s1. The summed E-state index contributed by atoms with van der Waals surface area (Å²) in [5.41, 5.74) is 1.09. The molecule has 0 radical (unpaired) electrons. The molecule has 0 spiro atoms. The van der Waals surface area contributed by atoms with E-state index in [1.54, 1.807) is 0 Å². The van der Waals surface area contributed by atoms with Crippen molar-refractivity contribution in [3.05, 3.63) is 70.2 Å². The van der Waals surface area contributed by atoms with Gasteiger partial charge >= 0.3 is 6.18 Å². The summed E-state index contributed by atoms with van der Waals surface area (Å²) in [5.74, 6) is 0.0980. The minimum absolute atomic E-state index is 0.0456. The first-order valence-electron chi connectivity index (χ1n) is 10.9. The van der Waals surface area contributed by atoms with Crippen LogP contribution in [0.25, 0.3) is 0 Å². The molecule has 1 fully saturated rings. The number of alkyl halides is 3. The molecule has 1 aliphatic heterocycles. The van der Waals surface area contributed by atoms with Crippen molar-refractivity contribution in [1.82, 2.24) is 15.1 Å². The van der Waals surface area contributed by atoms with Crippen LogP contribution in [0.3, 0.4) is 0 Å². The Morgan fingerprint density at radius 1 is 1.12 bits per heavy atom. The highest BCUT2D eigenvalue weighted by atomic mass is 35.5. The molecule has 0 saturated carbocycles. The fourth-order valence-corrected chi connectivity index (χ4v) is 4.34. The van der Waals surface area contributed by atoms with Crippen molar-refractivity contribution in [3.8, 4) is 0 Å². The van der Waals surface area contributed by atoms with Gasteiger partial charge in [-0.2, -0.15) is 13.2 Å². The fourth-order valence-electron chi connectivity index (χ4n) is 4.15. The topological polar surface area (TPSA) is 35.6 Å². The van der Waals surface area contributed by atoms with E-state index in [4.69, 9.17) is 11.6 Å². The lowest BCUT2D eigenvalue weighted by Gasteiger charge is -2.29. The number of hydrogen-bond donors (Lipinski definition) is 1. The van der Waals surface area contributed by atoms with Crippen molar-refractivity contribution in [3.63, 3.8) is 0 Å². The maximum atomic E-state index is 13.2. The molecule has 0 bridgehead atoms. The highest BCUT2D eigenvalue weighted by molar-refractivity contribution is 6.31. The number of likely N-dealkylation sites (N-methyl/N-ethyl adjacent to an activating group) is 1. The first-order chi connectivity index (χ1) is 15.2. The van der Waals surface area contributed by atoms with Crippen molar-refractivity contribution in [2.75, 3.05) is 19.6 Å². The van der Waals surface area contributed by atoms with E-state index in [0.29, 0.717) is 44.2 Å². The largest absolute Gasteiger partial charge is 0.416 e. The summed E-state index contributed by atoms with van der Waals surface area (Å²) in [7, 11) is 0. The van der Waals surface area contributed by atoms with Gasteiger partial charge in [-0.1, -0.05) is 41.9 Å². The average Bonchev–Trinajstić information content (AvgIpc) is 3.17. The third-order valence-corrected chi connectivity index (χ3v) is 6.34. The molecule has 2 aromatic rings. The van der Waals surface area contributed by atoms with E-state index >= 15 is 0 Å². The zero-order valence-corrected chi connectivity index (χ0v) is 19.1. The van der Waals surface area contributed by atoms with Gasteiger partial charge in [-0.15, -0.1) is 0 Å². The minimum Gasteiger partial charge on any atom is -0.342 e. The van der Waals surface area contributed by atoms with E-state index < -0.39 is 11.7 Å². The number of carbonyl (C=O) groups is 1. The number of benzene rings is 2. The maximum Gasteiger partial charge on any atom is 0.416 e. The summed E-state index contributed by atoms with van der Waals surface area (Å²) >= 11 is 6.35. The monoisotopic (exact) mass is 467 g/mol. The van der Waals surface area contributed by atoms with Crippen LogP contribution in [-0.4, -0.2) is 47.4 Å². The van der Waals surface area contributed by atoms with Crippen LogP contribution in [0.5, 0.6) is 0 Å². The highest BCUT2D eigenvalue weighted by Crippen LogP contribution is 2.29. The van der Waals surface area contributed by atoms with Gasteiger partial charge in [0.15, 0.2) is 0 Å². The Labute approximate surface area is 192 Å². The average molecular weight is 468 g/mol. The van der Waals surface area contributed by atoms with Crippen LogP contribution in [-0.2, 0) is 24.1 Å². The van der Waals surface area contributed by atoms with E-state index in [-0.39, 0.29) is 18.0 Å². The second-order valence-electron chi connectivity index (χ2n) is 8.06. The molecule has 1 amide bonds. The zero-order chi connectivity index (χ0) is 23.3. The number of rotatable bonds is 8. The van der Waals surface area contributed by atoms with Gasteiger partial charge in [0.1, 0.15) is 0 Å². The fraction of sp³-hybridized carbons (Fsp3) is 0.458. The smallest absolute Gasteiger partial charge is 0.342 e. The molecule has 0 unspecified atom stereocenters. The zero-order valence-electron chi connectivity index (χ0n) is 18.3. The van der Waals surface area contributed by atoms with Crippen molar-refractivity contribution in [1.29, 1.82) is 0 Å². The molecule has 1 N–H and O–H groups in total. The van der Waals surface area contributed by atoms with E-state index in [1.807, 2.05) is 43.0 Å². The van der Waals surface area contributed by atoms with E-state index in [1.165, 1.54) is 12.1 Å². The summed E-state index contributed by atoms with van der Waals surface area (Å²) in [6.45, 7) is 6.89. The SMILES string of the molecule is CCN(CC)C(=O)[C@@H]1C[C@@H](NCc2ccc(C(F)(F)F)cc2)CN1Cc1ccccc1Cl. The van der Waals surface area contributed by atoms with Crippen molar-refractivity contribution in [2.45, 2.75) is 51.6 Å². The molecule has 0 aliphatic carbocycles. The summed E-state index contributed by atoms with van der Waals surface area (Å²) in [6, 6.07) is 12.6. The van der Waals surface area contributed by atoms with Crippen LogP contribution in [0.15, 0.2) is 48.5 Å². The number of nitrogens with one attached hydrogen (secondary N) is 1. The molecular weight excluding hydrogens is 439 g/mol. The number of hydrogen-bond acceptors (Lipinski definition) is 3. The molecule has 1 aliphatic rings. The molecule has 4 nitrogen and oxygen atoms in total. The quantitative estimate of drug-likeness (QED) is 0.596. The number of halogens is 4. The Bertz CT molecular complexity index is 900. The van der Waals surface area contributed by atoms with E-state index in [2.05, 4.69) is 10.2 Å². The van der Waals surface area contributed by atoms with Crippen molar-refractivity contribution >= 4 is 17.5 Å². The Kier molecular flexibility index (Phi) is 8.20. The molecular formula is C24H29ClF3N3O. The van der Waals surface area contributed by atoms with Crippen LogP contribution < -0.4 is 5.32 Å². The molecule has 1 saturated heterocycles. The van der Waals surface area contributed by atoms with Crippen LogP contribution in [0, 0.1) is 0 Å². The molecule has 3 rings (SSSR count). The Morgan fingerprint density at radius 3 is 2.38 bits per heavy atom. The van der Waals surface area contributed by atoms with Crippen molar-refractivity contribution < 1.29 is 18.0 Å². The molecule has 1 heterocycles. The first kappa shape index (κ1) is 24.6. The van der Waals surface area contributed by atoms with Crippen LogP contribution >= 0.6 is 11.6 Å². The third-order valence-electron chi connectivity index (χ3n) is 5.97. The predicted octanol–water partition coefficient (Wildman–Crippen LogP) is 4.96. The van der Waals surface area contributed by atoms with Crippen LogP contribution in [0.4, 0.5) is 13.2 Å². The van der Waals surface area contributed by atoms with Crippen LogP contribution in [0.1, 0.15) is 37.0 Å². The first-order valence-corrected chi connectivity index (χ1v) is 11.3. The van der Waals surface area contributed by atoms with Gasteiger partial charge in [-0.05, 0) is 49.6 Å². The second-order valence-corrected chi connectivity index (χ2v) is 8.46. The number of likely N-dealkylation sites (tertiary alicyclic amines) is 1. The van der Waals surface area contributed by atoms with Gasteiger partial charge in [0.2, 0.25) is 5.91 Å². The van der Waals surface area contributed by atoms with Crippen LogP contribution in [0.2, 0.25) is 5.02 Å². The van der Waals surface area contributed by atoms with Gasteiger partial charge in [0, 0.05) is 43.8 Å². The van der Waals surface area contributed by atoms with Gasteiger partial charge in [-0.25, -0.2) is 0 Å². The number of nitrogens with zero attached hydrogens (tertiary/aromatic N) is 2. The molecule has 0 aromatic heterocycles. The summed E-state index contributed by atoms with van der Waals surface area (Å²) in [6.07, 6.45) is -3.70. The molecule has 2 aromatic carbocycles. The lowest BCUT2D eigenvalue weighted by atomic mass is 10.1. The molecule has 8 heteroatoms. The number of carbonyl (C=O) groups excluding carboxylic acids is 1. The minimum atomic E-state index is -4.34. The van der Waals surface area contributed by atoms with Gasteiger partial charge in [-0.3, -0.25) is 9.69 Å². The Morgan fingerprint density at radius 2 is 1.78 bits per heavy atom. The maximum absolute atomic E-state index is 13.2. The summed E-state index contributed by atoms with van der Waals surface area (Å²) in [5, 5.41) is 4.09. The normalized spacial score (nSPS) is 19.3. The van der Waals surface area contributed by atoms with E-state index in [9.17, 15) is 18.0 Å². The molecule has 32 heavy (non-hydrogen) atoms.